The van der Waals surface area contributed by atoms with Gasteiger partial charge in [0.15, 0.2) is 0 Å². The van der Waals surface area contributed by atoms with E-state index in [1.54, 1.807) is 12.2 Å². The number of carbonyl (C=O) groups excluding carboxylic acids is 2. The van der Waals surface area contributed by atoms with E-state index in [1.807, 2.05) is 0 Å². The van der Waals surface area contributed by atoms with Crippen molar-refractivity contribution in [1.29, 1.82) is 0 Å². The average Bonchev–Trinajstić information content (AvgIpc) is 2.44. The summed E-state index contributed by atoms with van der Waals surface area (Å²) in [7, 11) is 0. The van der Waals surface area contributed by atoms with Crippen LogP contribution in [0.3, 0.4) is 0 Å². The molecule has 8 heteroatoms. The van der Waals surface area contributed by atoms with Crippen molar-refractivity contribution >= 4 is 29.0 Å². The van der Waals surface area contributed by atoms with Crippen molar-refractivity contribution in [1.82, 2.24) is 5.32 Å². The van der Waals surface area contributed by atoms with Gasteiger partial charge in [-0.25, -0.2) is 0 Å². The first-order valence-corrected chi connectivity index (χ1v) is 6.40. The van der Waals surface area contributed by atoms with Gasteiger partial charge in [0.25, 0.3) is 5.91 Å². The maximum atomic E-state index is 11.9. The number of primary amides is 1. The van der Waals surface area contributed by atoms with Crippen molar-refractivity contribution in [3.8, 4) is 0 Å². The summed E-state index contributed by atoms with van der Waals surface area (Å²) in [6.07, 6.45) is 4.28. The highest BCUT2D eigenvalue weighted by Gasteiger charge is 2.20. The lowest BCUT2D eigenvalue weighted by atomic mass is 10.0. The maximum absolute atomic E-state index is 11.9. The molecule has 0 aromatic carbocycles. The summed E-state index contributed by atoms with van der Waals surface area (Å²) < 4.78 is 5.24. The number of nitrogens with two attached hydrogens (primary N) is 2. The molecule has 1 aliphatic carbocycles. The first-order chi connectivity index (χ1) is 9.45. The lowest BCUT2D eigenvalue weighted by Crippen LogP contribution is -2.49. The second-order valence-electron chi connectivity index (χ2n) is 4.10. The van der Waals surface area contributed by atoms with Crippen LogP contribution in [0.2, 0.25) is 0 Å². The third-order valence-corrected chi connectivity index (χ3v) is 2.96. The van der Waals surface area contributed by atoms with Crippen LogP contribution in [0, 0.1) is 0 Å². The van der Waals surface area contributed by atoms with Crippen LogP contribution < -0.4 is 16.8 Å². The molecule has 0 fully saturated rings. The molecule has 0 aromatic heterocycles. The van der Waals surface area contributed by atoms with Crippen LogP contribution in [0.5, 0.6) is 0 Å². The van der Waals surface area contributed by atoms with E-state index in [-0.39, 0.29) is 18.2 Å². The van der Waals surface area contributed by atoms with Crippen LogP contribution in [0.15, 0.2) is 23.5 Å². The fourth-order valence-corrected chi connectivity index (χ4v) is 1.71. The van der Waals surface area contributed by atoms with Crippen molar-refractivity contribution in [3.05, 3.63) is 23.5 Å². The number of hydrogen-bond donors (Lipinski definition) is 4. The molecule has 0 spiro atoms. The Balaban J connectivity index is 2.57. The topological polar surface area (TPSA) is 128 Å². The van der Waals surface area contributed by atoms with E-state index in [0.29, 0.717) is 24.2 Å². The quantitative estimate of drug-likeness (QED) is 0.459. The van der Waals surface area contributed by atoms with Crippen LogP contribution in [0.25, 0.3) is 0 Å². The summed E-state index contributed by atoms with van der Waals surface area (Å²) in [5, 5.41) is 11.0. The van der Waals surface area contributed by atoms with Crippen molar-refractivity contribution in [3.63, 3.8) is 0 Å². The monoisotopic (exact) mass is 299 g/mol. The van der Waals surface area contributed by atoms with Crippen LogP contribution in [0.1, 0.15) is 12.8 Å². The Hall–Kier alpha value is -1.77. The Bertz CT molecular complexity index is 473. The lowest BCUT2D eigenvalue weighted by molar-refractivity contribution is -0.117. The largest absolute Gasteiger partial charge is 0.496 e. The predicted octanol–water partition coefficient (Wildman–Crippen LogP) is -1.14. The van der Waals surface area contributed by atoms with Gasteiger partial charge >= 0.3 is 0 Å². The number of thiocarbonyl (C=S) groups is 1. The van der Waals surface area contributed by atoms with E-state index in [9.17, 15) is 9.59 Å². The number of aliphatic hydroxyl groups is 1. The Kier molecular flexibility index (Phi) is 6.29. The Morgan fingerprint density at radius 1 is 1.45 bits per heavy atom. The standard InChI is InChI=1S/C12H17N3O4S/c13-9(10(14)17)12(20)15-11(18)7-1-3-8(4-2-7)19-6-5-16/h1,3,9,16H,2,4-6,13H2,(H2,14,17)(H,15,18,20). The van der Waals surface area contributed by atoms with Crippen molar-refractivity contribution in [2.75, 3.05) is 13.2 Å². The van der Waals surface area contributed by atoms with Crippen LogP contribution in [-0.4, -0.2) is 41.2 Å². The molecule has 6 N–H and O–H groups in total. The molecule has 1 unspecified atom stereocenters. The number of allylic oxidation sites excluding steroid dienone is 3. The smallest absolute Gasteiger partial charge is 0.252 e. The second-order valence-corrected chi connectivity index (χ2v) is 4.54. The molecule has 1 atom stereocenters. The minimum atomic E-state index is -1.18. The zero-order chi connectivity index (χ0) is 15.1. The average molecular weight is 299 g/mol. The molecule has 1 rings (SSSR count). The summed E-state index contributed by atoms with van der Waals surface area (Å²) in [5.74, 6) is -0.510. The molecule has 0 bridgehead atoms. The van der Waals surface area contributed by atoms with Crippen molar-refractivity contribution < 1.29 is 19.4 Å². The van der Waals surface area contributed by atoms with Gasteiger partial charge < -0.3 is 26.6 Å². The third-order valence-electron chi connectivity index (χ3n) is 2.61. The Morgan fingerprint density at radius 3 is 2.65 bits per heavy atom. The molecule has 0 aromatic rings. The van der Waals surface area contributed by atoms with Gasteiger partial charge in [-0.3, -0.25) is 9.59 Å². The molecule has 2 amide bonds. The number of nitrogens with one attached hydrogen (secondary N) is 1. The number of rotatable bonds is 6. The number of aliphatic hydroxyl groups excluding tert-OH is 1. The fraction of sp³-hybridized carbons (Fsp3) is 0.417. The number of amides is 2. The first kappa shape index (κ1) is 16.3. The van der Waals surface area contributed by atoms with Crippen LogP contribution in [0.4, 0.5) is 0 Å². The van der Waals surface area contributed by atoms with E-state index in [4.69, 9.17) is 33.5 Å². The zero-order valence-corrected chi connectivity index (χ0v) is 11.6. The van der Waals surface area contributed by atoms with Gasteiger partial charge in [-0.05, 0) is 12.5 Å². The van der Waals surface area contributed by atoms with Crippen molar-refractivity contribution in [2.45, 2.75) is 18.9 Å². The highest BCUT2D eigenvalue weighted by Crippen LogP contribution is 2.19. The van der Waals surface area contributed by atoms with E-state index in [0.717, 1.165) is 0 Å². The summed E-state index contributed by atoms with van der Waals surface area (Å²) >= 11 is 4.83. The molecule has 1 aliphatic rings. The molecule has 110 valence electrons. The first-order valence-electron chi connectivity index (χ1n) is 5.99. The molecule has 0 saturated heterocycles. The van der Waals surface area contributed by atoms with Gasteiger partial charge in [0.1, 0.15) is 17.6 Å². The zero-order valence-electron chi connectivity index (χ0n) is 10.8. The van der Waals surface area contributed by atoms with E-state index >= 15 is 0 Å². The van der Waals surface area contributed by atoms with Gasteiger partial charge in [0, 0.05) is 12.0 Å². The molecule has 0 aliphatic heterocycles. The van der Waals surface area contributed by atoms with Gasteiger partial charge in [-0.2, -0.15) is 0 Å². The van der Waals surface area contributed by atoms with Crippen molar-refractivity contribution in [2.24, 2.45) is 11.5 Å². The third kappa shape index (κ3) is 4.72. The minimum absolute atomic E-state index is 0.0618. The SMILES string of the molecule is NC(=O)C(N)C(=S)NC(=O)C1=CC=C(OCCO)CC1. The molecule has 0 heterocycles. The molecular formula is C12H17N3O4S. The van der Waals surface area contributed by atoms with Crippen LogP contribution in [-0.2, 0) is 14.3 Å². The molecule has 0 radical (unpaired) electrons. The van der Waals surface area contributed by atoms with Gasteiger partial charge in [0.2, 0.25) is 5.91 Å². The molecule has 20 heavy (non-hydrogen) atoms. The summed E-state index contributed by atoms with van der Waals surface area (Å²) in [4.78, 5) is 22.6. The van der Waals surface area contributed by atoms with Gasteiger partial charge in [-0.15, -0.1) is 0 Å². The van der Waals surface area contributed by atoms with Crippen LogP contribution >= 0.6 is 12.2 Å². The predicted molar refractivity (Wildman–Crippen MR) is 76.3 cm³/mol. The Morgan fingerprint density at radius 2 is 2.15 bits per heavy atom. The number of carbonyl (C=O) groups is 2. The maximum Gasteiger partial charge on any atom is 0.252 e. The summed E-state index contributed by atoms with van der Waals surface area (Å²) in [6.45, 7) is 0.159. The number of ether oxygens (including phenoxy) is 1. The highest BCUT2D eigenvalue weighted by atomic mass is 32.1. The second kappa shape index (κ2) is 7.73. The Labute approximate surface area is 121 Å². The van der Waals surface area contributed by atoms with E-state index in [1.165, 1.54) is 0 Å². The molecule has 7 nitrogen and oxygen atoms in total. The highest BCUT2D eigenvalue weighted by molar-refractivity contribution is 7.80. The van der Waals surface area contributed by atoms with E-state index < -0.39 is 17.9 Å². The summed E-state index contributed by atoms with van der Waals surface area (Å²) in [6, 6.07) is -1.18. The minimum Gasteiger partial charge on any atom is -0.496 e. The molecular weight excluding hydrogens is 282 g/mol. The molecule has 0 saturated carbocycles. The van der Waals surface area contributed by atoms with Gasteiger partial charge in [0.05, 0.1) is 12.4 Å². The number of hydrogen-bond acceptors (Lipinski definition) is 6. The normalized spacial score (nSPS) is 15.7. The summed E-state index contributed by atoms with van der Waals surface area (Å²) in [5.41, 5.74) is 10.9. The van der Waals surface area contributed by atoms with E-state index in [2.05, 4.69) is 5.32 Å². The fourth-order valence-electron chi connectivity index (χ4n) is 1.50. The lowest BCUT2D eigenvalue weighted by Gasteiger charge is -2.16. The van der Waals surface area contributed by atoms with Gasteiger partial charge in [-0.1, -0.05) is 18.3 Å².